The molecule has 0 saturated heterocycles. The molecule has 4 rings (SSSR count). The molecule has 1 amide bonds. The minimum atomic E-state index is 0.146. The lowest BCUT2D eigenvalue weighted by molar-refractivity contribution is -0.123. The minimum absolute atomic E-state index is 0.146. The standard InChI is InChI=1S/C14H16N4O2S/c19-13(10-4-1-2-5-10)17-7-9-21-14-16-15-12(18(14)17)11-6-3-8-20-11/h3,6,8,10H,1-2,4-5,7,9H2. The van der Waals surface area contributed by atoms with Gasteiger partial charge in [-0.25, -0.2) is 9.69 Å². The van der Waals surface area contributed by atoms with Gasteiger partial charge in [0.2, 0.25) is 16.9 Å². The van der Waals surface area contributed by atoms with E-state index in [4.69, 9.17) is 4.42 Å². The van der Waals surface area contributed by atoms with E-state index < -0.39 is 0 Å². The van der Waals surface area contributed by atoms with Crippen LogP contribution in [0.5, 0.6) is 0 Å². The third-order valence-electron chi connectivity index (χ3n) is 4.09. The van der Waals surface area contributed by atoms with Crippen LogP contribution in [0.25, 0.3) is 11.6 Å². The molecular weight excluding hydrogens is 288 g/mol. The summed E-state index contributed by atoms with van der Waals surface area (Å²) in [6.07, 6.45) is 5.90. The Labute approximate surface area is 126 Å². The molecule has 0 radical (unpaired) electrons. The predicted octanol–water partition coefficient (Wildman–Crippen LogP) is 2.30. The maximum atomic E-state index is 12.8. The molecule has 6 nitrogen and oxygen atoms in total. The van der Waals surface area contributed by atoms with Gasteiger partial charge in [0.25, 0.3) is 0 Å². The van der Waals surface area contributed by atoms with Gasteiger partial charge in [-0.3, -0.25) is 4.79 Å². The van der Waals surface area contributed by atoms with Crippen molar-refractivity contribution in [3.8, 4) is 11.6 Å². The lowest BCUT2D eigenvalue weighted by Crippen LogP contribution is -2.47. The second-order valence-electron chi connectivity index (χ2n) is 5.39. The first-order valence-corrected chi connectivity index (χ1v) is 8.27. The SMILES string of the molecule is O=C(C1CCCC1)N1CCSc2nnc(-c3ccco3)n21. The average molecular weight is 304 g/mol. The second kappa shape index (κ2) is 5.22. The number of carbonyl (C=O) groups excluding carboxylic acids is 1. The summed E-state index contributed by atoms with van der Waals surface area (Å²) in [6, 6.07) is 3.66. The van der Waals surface area contributed by atoms with Gasteiger partial charge in [0.05, 0.1) is 12.8 Å². The first-order chi connectivity index (χ1) is 10.3. The number of amides is 1. The molecule has 110 valence electrons. The molecule has 0 N–H and O–H groups in total. The fourth-order valence-corrected chi connectivity index (χ4v) is 3.90. The lowest BCUT2D eigenvalue weighted by atomic mass is 10.1. The monoisotopic (exact) mass is 304 g/mol. The minimum Gasteiger partial charge on any atom is -0.461 e. The Kier molecular flexibility index (Phi) is 3.21. The summed E-state index contributed by atoms with van der Waals surface area (Å²) in [5, 5.41) is 11.0. The van der Waals surface area contributed by atoms with Crippen LogP contribution < -0.4 is 5.01 Å². The molecule has 2 aliphatic rings. The highest BCUT2D eigenvalue weighted by atomic mass is 32.2. The molecule has 2 aromatic rings. The van der Waals surface area contributed by atoms with Crippen LogP contribution in [0, 0.1) is 5.92 Å². The number of aromatic nitrogens is 3. The summed E-state index contributed by atoms with van der Waals surface area (Å²) in [5.74, 6) is 2.44. The van der Waals surface area contributed by atoms with Gasteiger partial charge in [-0.1, -0.05) is 24.6 Å². The van der Waals surface area contributed by atoms with Gasteiger partial charge >= 0.3 is 0 Å². The van der Waals surface area contributed by atoms with Gasteiger partial charge in [-0.2, -0.15) is 0 Å². The highest BCUT2D eigenvalue weighted by Crippen LogP contribution is 2.31. The van der Waals surface area contributed by atoms with E-state index in [-0.39, 0.29) is 11.8 Å². The molecule has 2 aromatic heterocycles. The van der Waals surface area contributed by atoms with Crippen LogP contribution >= 0.6 is 11.8 Å². The number of hydrogen-bond acceptors (Lipinski definition) is 5. The van der Waals surface area contributed by atoms with Gasteiger partial charge in [0.1, 0.15) is 0 Å². The van der Waals surface area contributed by atoms with E-state index in [1.807, 2.05) is 16.8 Å². The average Bonchev–Trinajstić information content (AvgIpc) is 3.24. The third kappa shape index (κ3) is 2.16. The zero-order valence-corrected chi connectivity index (χ0v) is 12.4. The second-order valence-corrected chi connectivity index (χ2v) is 6.45. The third-order valence-corrected chi connectivity index (χ3v) is 4.99. The van der Waals surface area contributed by atoms with E-state index in [9.17, 15) is 4.79 Å². The number of rotatable bonds is 2. The molecular formula is C14H16N4O2S. The van der Waals surface area contributed by atoms with Gasteiger partial charge < -0.3 is 4.42 Å². The van der Waals surface area contributed by atoms with Crippen molar-refractivity contribution in [2.45, 2.75) is 30.8 Å². The zero-order chi connectivity index (χ0) is 14.2. The van der Waals surface area contributed by atoms with Crippen LogP contribution in [-0.2, 0) is 4.79 Å². The highest BCUT2D eigenvalue weighted by Gasteiger charge is 2.33. The molecule has 1 fully saturated rings. The molecule has 0 unspecified atom stereocenters. The molecule has 1 saturated carbocycles. The van der Waals surface area contributed by atoms with Crippen molar-refractivity contribution in [1.82, 2.24) is 14.9 Å². The summed E-state index contributed by atoms with van der Waals surface area (Å²) in [7, 11) is 0. The number of hydrogen-bond donors (Lipinski definition) is 0. The van der Waals surface area contributed by atoms with Crippen LogP contribution in [-0.4, -0.2) is 33.1 Å². The first kappa shape index (κ1) is 12.9. The molecule has 0 aromatic carbocycles. The van der Waals surface area contributed by atoms with E-state index in [0.29, 0.717) is 18.1 Å². The quantitative estimate of drug-likeness (QED) is 0.852. The molecule has 21 heavy (non-hydrogen) atoms. The number of fused-ring (bicyclic) bond motifs is 1. The van der Waals surface area contributed by atoms with Crippen molar-refractivity contribution >= 4 is 17.7 Å². The van der Waals surface area contributed by atoms with Crippen LogP contribution in [0.15, 0.2) is 28.0 Å². The van der Waals surface area contributed by atoms with Gasteiger partial charge in [-0.15, -0.1) is 10.2 Å². The van der Waals surface area contributed by atoms with E-state index in [1.165, 1.54) is 0 Å². The number of nitrogens with zero attached hydrogens (tertiary/aromatic N) is 4. The van der Waals surface area contributed by atoms with Crippen LogP contribution in [0.3, 0.4) is 0 Å². The van der Waals surface area contributed by atoms with Crippen molar-refractivity contribution in [2.24, 2.45) is 5.92 Å². The summed E-state index contributed by atoms with van der Waals surface area (Å²) in [5.41, 5.74) is 0. The van der Waals surface area contributed by atoms with Gasteiger partial charge in [0.15, 0.2) is 5.76 Å². The van der Waals surface area contributed by atoms with Crippen LogP contribution in [0.2, 0.25) is 0 Å². The summed E-state index contributed by atoms with van der Waals surface area (Å²) in [4.78, 5) is 12.8. The Morgan fingerprint density at radius 3 is 2.95 bits per heavy atom. The molecule has 1 aliphatic heterocycles. The molecule has 0 spiro atoms. The van der Waals surface area contributed by atoms with Crippen molar-refractivity contribution in [3.63, 3.8) is 0 Å². The Bertz CT molecular complexity index is 646. The Morgan fingerprint density at radius 1 is 1.33 bits per heavy atom. The van der Waals surface area contributed by atoms with E-state index in [1.54, 1.807) is 23.0 Å². The first-order valence-electron chi connectivity index (χ1n) is 7.28. The van der Waals surface area contributed by atoms with E-state index >= 15 is 0 Å². The lowest BCUT2D eigenvalue weighted by Gasteiger charge is -2.30. The predicted molar refractivity (Wildman–Crippen MR) is 78.5 cm³/mol. The van der Waals surface area contributed by atoms with Crippen LogP contribution in [0.4, 0.5) is 0 Å². The van der Waals surface area contributed by atoms with Gasteiger partial charge in [-0.05, 0) is 25.0 Å². The van der Waals surface area contributed by atoms with Crippen molar-refractivity contribution < 1.29 is 9.21 Å². The maximum absolute atomic E-state index is 12.8. The number of furan rings is 1. The number of thioether (sulfide) groups is 1. The maximum Gasteiger partial charge on any atom is 0.244 e. The number of carbonyl (C=O) groups is 1. The van der Waals surface area contributed by atoms with Crippen molar-refractivity contribution in [2.75, 3.05) is 17.3 Å². The molecule has 7 heteroatoms. The smallest absolute Gasteiger partial charge is 0.244 e. The summed E-state index contributed by atoms with van der Waals surface area (Å²) < 4.78 is 7.25. The van der Waals surface area contributed by atoms with Crippen LogP contribution in [0.1, 0.15) is 25.7 Å². The van der Waals surface area contributed by atoms with E-state index in [0.717, 1.165) is 36.6 Å². The fraction of sp³-hybridized carbons (Fsp3) is 0.500. The van der Waals surface area contributed by atoms with Crippen molar-refractivity contribution in [3.05, 3.63) is 18.4 Å². The topological polar surface area (TPSA) is 64.2 Å². The van der Waals surface area contributed by atoms with Gasteiger partial charge in [0, 0.05) is 11.7 Å². The molecule has 0 bridgehead atoms. The normalized spacial score (nSPS) is 19.0. The Balaban J connectivity index is 1.73. The summed E-state index contributed by atoms with van der Waals surface area (Å²) >= 11 is 1.62. The Hall–Kier alpha value is -1.76. The van der Waals surface area contributed by atoms with Crippen molar-refractivity contribution in [1.29, 1.82) is 0 Å². The zero-order valence-electron chi connectivity index (χ0n) is 11.6. The summed E-state index contributed by atoms with van der Waals surface area (Å²) in [6.45, 7) is 0.693. The van der Waals surface area contributed by atoms with E-state index in [2.05, 4.69) is 10.2 Å². The highest BCUT2D eigenvalue weighted by molar-refractivity contribution is 7.99. The molecule has 0 atom stereocenters. The molecule has 3 heterocycles. The Morgan fingerprint density at radius 2 is 2.19 bits per heavy atom. The molecule has 1 aliphatic carbocycles. The largest absolute Gasteiger partial charge is 0.461 e. The fourth-order valence-electron chi connectivity index (χ4n) is 3.05.